The predicted molar refractivity (Wildman–Crippen MR) is 115 cm³/mol. The quantitative estimate of drug-likeness (QED) is 0.468. The van der Waals surface area contributed by atoms with Gasteiger partial charge in [-0.05, 0) is 55.6 Å². The molecule has 4 rings (SSSR count). The molecule has 1 aliphatic heterocycles. The van der Waals surface area contributed by atoms with Crippen molar-refractivity contribution in [1.29, 1.82) is 0 Å². The maximum atomic E-state index is 11.3. The van der Waals surface area contributed by atoms with Crippen LogP contribution in [0.25, 0.3) is 11.7 Å². The molecule has 0 bridgehead atoms. The van der Waals surface area contributed by atoms with E-state index in [0.29, 0.717) is 6.04 Å². The third kappa shape index (κ3) is 4.25. The van der Waals surface area contributed by atoms with Gasteiger partial charge in [-0.1, -0.05) is 30.3 Å². The Morgan fingerprint density at radius 3 is 2.86 bits per heavy atom. The number of ether oxygens (including phenoxy) is 1. The molecular formula is C24H27N3O2. The number of carbonyl (C=O) groups excluding carboxylic acids is 1. The van der Waals surface area contributed by atoms with Crippen LogP contribution in [0.1, 0.15) is 41.4 Å². The summed E-state index contributed by atoms with van der Waals surface area (Å²) in [6.45, 7) is 4.26. The van der Waals surface area contributed by atoms with E-state index in [-0.39, 0.29) is 5.97 Å². The monoisotopic (exact) mass is 389 g/mol. The fraction of sp³-hybridized carbons (Fsp3) is 0.333. The van der Waals surface area contributed by atoms with Crippen LogP contribution in [0.5, 0.6) is 0 Å². The van der Waals surface area contributed by atoms with Gasteiger partial charge in [0.25, 0.3) is 0 Å². The minimum Gasteiger partial charge on any atom is -0.466 e. The molecule has 0 saturated carbocycles. The van der Waals surface area contributed by atoms with E-state index < -0.39 is 0 Å². The number of benzene rings is 1. The Labute approximate surface area is 171 Å². The lowest BCUT2D eigenvalue weighted by Crippen LogP contribution is -2.26. The van der Waals surface area contributed by atoms with Crippen molar-refractivity contribution in [3.63, 3.8) is 0 Å². The van der Waals surface area contributed by atoms with Gasteiger partial charge in [-0.2, -0.15) is 0 Å². The molecule has 0 amide bonds. The Kier molecular flexibility index (Phi) is 5.76. The van der Waals surface area contributed by atoms with Crippen LogP contribution >= 0.6 is 0 Å². The number of likely N-dealkylation sites (tertiary alicyclic amines) is 1. The van der Waals surface area contributed by atoms with Crippen molar-refractivity contribution >= 4 is 17.7 Å². The molecule has 3 heterocycles. The molecule has 0 radical (unpaired) electrons. The zero-order valence-electron chi connectivity index (χ0n) is 17.0. The first-order chi connectivity index (χ1) is 14.2. The number of pyridine rings is 1. The zero-order chi connectivity index (χ0) is 20.2. The van der Waals surface area contributed by atoms with Crippen LogP contribution in [0.4, 0.5) is 0 Å². The van der Waals surface area contributed by atoms with Crippen LogP contribution in [0.2, 0.25) is 0 Å². The van der Waals surface area contributed by atoms with E-state index in [1.807, 2.05) is 6.07 Å². The lowest BCUT2D eigenvalue weighted by atomic mass is 10.0. The van der Waals surface area contributed by atoms with E-state index in [9.17, 15) is 4.79 Å². The van der Waals surface area contributed by atoms with E-state index in [1.54, 1.807) is 6.08 Å². The number of hydrogen-bond donors (Lipinski definition) is 0. The van der Waals surface area contributed by atoms with Crippen molar-refractivity contribution in [3.05, 3.63) is 77.3 Å². The van der Waals surface area contributed by atoms with E-state index in [4.69, 9.17) is 0 Å². The number of carbonyl (C=O) groups is 1. The second-order valence-corrected chi connectivity index (χ2v) is 7.54. The molecular weight excluding hydrogens is 362 g/mol. The summed E-state index contributed by atoms with van der Waals surface area (Å²) >= 11 is 0. The molecule has 150 valence electrons. The van der Waals surface area contributed by atoms with Crippen LogP contribution < -0.4 is 0 Å². The van der Waals surface area contributed by atoms with E-state index in [0.717, 1.165) is 36.4 Å². The smallest absolute Gasteiger partial charge is 0.330 e. The molecule has 0 spiro atoms. The van der Waals surface area contributed by atoms with Crippen LogP contribution in [-0.4, -0.2) is 40.5 Å². The SMILES string of the molecule is COC(=O)/C=C/c1ccc(C2CCCN2CCc2c(C)nc3ccccn23)cc1. The van der Waals surface area contributed by atoms with E-state index in [2.05, 4.69) is 68.5 Å². The average molecular weight is 389 g/mol. The molecule has 1 aliphatic rings. The molecule has 5 nitrogen and oxygen atoms in total. The highest BCUT2D eigenvalue weighted by Crippen LogP contribution is 2.32. The Hall–Kier alpha value is -2.92. The first-order valence-corrected chi connectivity index (χ1v) is 10.2. The fourth-order valence-corrected chi connectivity index (χ4v) is 4.25. The number of hydrogen-bond acceptors (Lipinski definition) is 4. The standard InChI is InChI=1S/C24H27N3O2/c1-18-21(27-16-4-3-7-23(27)25-18)14-17-26-15-5-6-22(26)20-11-8-19(9-12-20)10-13-24(28)29-2/h3-4,7-13,16,22H,5-6,14-15,17H2,1-2H3/b13-10+. The van der Waals surface area contributed by atoms with Crippen molar-refractivity contribution in [2.24, 2.45) is 0 Å². The summed E-state index contributed by atoms with van der Waals surface area (Å²) in [6, 6.07) is 15.1. The van der Waals surface area contributed by atoms with Gasteiger partial charge in [0, 0.05) is 37.0 Å². The summed E-state index contributed by atoms with van der Waals surface area (Å²) in [4.78, 5) is 18.5. The number of nitrogens with zero attached hydrogens (tertiary/aromatic N) is 3. The molecule has 1 atom stereocenters. The van der Waals surface area contributed by atoms with Crippen LogP contribution in [0.15, 0.2) is 54.7 Å². The summed E-state index contributed by atoms with van der Waals surface area (Å²) in [5.41, 5.74) is 5.79. The van der Waals surface area contributed by atoms with Crippen molar-refractivity contribution < 1.29 is 9.53 Å². The summed E-state index contributed by atoms with van der Waals surface area (Å²) < 4.78 is 6.86. The van der Waals surface area contributed by atoms with E-state index in [1.165, 1.54) is 37.3 Å². The molecule has 1 aromatic carbocycles. The summed E-state index contributed by atoms with van der Waals surface area (Å²) in [5, 5.41) is 0. The third-order valence-corrected chi connectivity index (χ3v) is 5.76. The molecule has 5 heteroatoms. The molecule has 0 N–H and O–H groups in total. The van der Waals surface area contributed by atoms with Gasteiger partial charge in [-0.15, -0.1) is 0 Å². The van der Waals surface area contributed by atoms with Crippen LogP contribution in [0, 0.1) is 6.92 Å². The molecule has 2 aromatic heterocycles. The lowest BCUT2D eigenvalue weighted by molar-refractivity contribution is -0.134. The van der Waals surface area contributed by atoms with Gasteiger partial charge < -0.3 is 9.14 Å². The first kappa shape index (κ1) is 19.4. The van der Waals surface area contributed by atoms with Crippen LogP contribution in [0.3, 0.4) is 0 Å². The van der Waals surface area contributed by atoms with Gasteiger partial charge in [-0.3, -0.25) is 4.90 Å². The average Bonchev–Trinajstić information content (AvgIpc) is 3.34. The Balaban J connectivity index is 1.44. The summed E-state index contributed by atoms with van der Waals surface area (Å²) in [5.74, 6) is -0.335. The number of imidazole rings is 1. The van der Waals surface area contributed by atoms with Gasteiger partial charge in [0.15, 0.2) is 0 Å². The van der Waals surface area contributed by atoms with Crippen molar-refractivity contribution in [3.8, 4) is 0 Å². The molecule has 29 heavy (non-hydrogen) atoms. The summed E-state index contributed by atoms with van der Waals surface area (Å²) in [7, 11) is 1.39. The van der Waals surface area contributed by atoms with Crippen LogP contribution in [-0.2, 0) is 16.0 Å². The Morgan fingerprint density at radius 2 is 2.07 bits per heavy atom. The number of rotatable bonds is 6. The third-order valence-electron chi connectivity index (χ3n) is 5.76. The molecule has 0 aliphatic carbocycles. The van der Waals surface area contributed by atoms with Gasteiger partial charge >= 0.3 is 5.97 Å². The van der Waals surface area contributed by atoms with Crippen molar-refractivity contribution in [1.82, 2.24) is 14.3 Å². The molecule has 1 unspecified atom stereocenters. The highest BCUT2D eigenvalue weighted by Gasteiger charge is 2.26. The topological polar surface area (TPSA) is 46.8 Å². The largest absolute Gasteiger partial charge is 0.466 e. The Bertz CT molecular complexity index is 1020. The molecule has 3 aromatic rings. The Morgan fingerprint density at radius 1 is 1.24 bits per heavy atom. The van der Waals surface area contributed by atoms with Crippen molar-refractivity contribution in [2.75, 3.05) is 20.2 Å². The van der Waals surface area contributed by atoms with E-state index >= 15 is 0 Å². The van der Waals surface area contributed by atoms with Gasteiger partial charge in [-0.25, -0.2) is 9.78 Å². The second-order valence-electron chi connectivity index (χ2n) is 7.54. The predicted octanol–water partition coefficient (Wildman–Crippen LogP) is 4.21. The number of aromatic nitrogens is 2. The van der Waals surface area contributed by atoms with Crippen molar-refractivity contribution in [2.45, 2.75) is 32.2 Å². The minimum absolute atomic E-state index is 0.335. The highest BCUT2D eigenvalue weighted by atomic mass is 16.5. The zero-order valence-corrected chi connectivity index (χ0v) is 17.0. The summed E-state index contributed by atoms with van der Waals surface area (Å²) in [6.07, 6.45) is 8.75. The normalized spacial score (nSPS) is 17.4. The fourth-order valence-electron chi connectivity index (χ4n) is 4.25. The maximum absolute atomic E-state index is 11.3. The first-order valence-electron chi connectivity index (χ1n) is 10.2. The number of esters is 1. The molecule has 1 fully saturated rings. The number of aryl methyl sites for hydroxylation is 1. The van der Waals surface area contributed by atoms with Gasteiger partial charge in [0.05, 0.1) is 12.8 Å². The lowest BCUT2D eigenvalue weighted by Gasteiger charge is -2.25. The highest BCUT2D eigenvalue weighted by molar-refractivity contribution is 5.86. The maximum Gasteiger partial charge on any atom is 0.330 e. The molecule has 1 saturated heterocycles. The minimum atomic E-state index is -0.335. The second kappa shape index (κ2) is 8.62. The van der Waals surface area contributed by atoms with Gasteiger partial charge in [0.1, 0.15) is 5.65 Å². The van der Waals surface area contributed by atoms with Gasteiger partial charge in [0.2, 0.25) is 0 Å². The number of fused-ring (bicyclic) bond motifs is 1. The number of methoxy groups -OCH3 is 1.